The summed E-state index contributed by atoms with van der Waals surface area (Å²) in [6, 6.07) is 18.7. The molecule has 0 saturated carbocycles. The smallest absolute Gasteiger partial charge is 0.293 e. The molecule has 30 heavy (non-hydrogen) atoms. The van der Waals surface area contributed by atoms with E-state index >= 15 is 0 Å². The van der Waals surface area contributed by atoms with E-state index in [1.807, 2.05) is 36.4 Å². The molecule has 5 heteroatoms. The number of imide groups is 1. The van der Waals surface area contributed by atoms with Crippen molar-refractivity contribution in [2.75, 3.05) is 6.54 Å². The van der Waals surface area contributed by atoms with Crippen LogP contribution >= 0.6 is 11.8 Å². The molecule has 1 aliphatic heterocycles. The molecule has 0 aliphatic carbocycles. The summed E-state index contributed by atoms with van der Waals surface area (Å²) in [6.07, 6.45) is 6.62. The predicted molar refractivity (Wildman–Crippen MR) is 124 cm³/mol. The molecule has 0 bridgehead atoms. The van der Waals surface area contributed by atoms with Crippen molar-refractivity contribution in [3.05, 3.63) is 76.8 Å². The first-order valence-electron chi connectivity index (χ1n) is 10.5. The Labute approximate surface area is 181 Å². The van der Waals surface area contributed by atoms with Crippen LogP contribution in [0.5, 0.6) is 0 Å². The molecule has 154 valence electrons. The molecule has 0 unspecified atom stereocenters. The average molecular weight is 419 g/mol. The van der Waals surface area contributed by atoms with E-state index in [0.717, 1.165) is 47.5 Å². The summed E-state index contributed by atoms with van der Waals surface area (Å²) in [6.45, 7) is 4.81. The lowest BCUT2D eigenvalue weighted by Crippen LogP contribution is -2.29. The Kier molecular flexibility index (Phi) is 6.09. The number of para-hydroxylation sites is 1. The van der Waals surface area contributed by atoms with Crippen molar-refractivity contribution in [3.63, 3.8) is 0 Å². The van der Waals surface area contributed by atoms with Crippen LogP contribution in [-0.2, 0) is 11.2 Å². The first-order chi connectivity index (χ1) is 14.6. The maximum absolute atomic E-state index is 12.9. The fraction of sp³-hybridized carbons (Fsp3) is 0.280. The van der Waals surface area contributed by atoms with E-state index < -0.39 is 0 Å². The van der Waals surface area contributed by atoms with E-state index in [4.69, 9.17) is 0 Å². The van der Waals surface area contributed by atoms with Gasteiger partial charge in [-0.15, -0.1) is 0 Å². The molecule has 1 saturated heterocycles. The van der Waals surface area contributed by atoms with Gasteiger partial charge in [-0.25, -0.2) is 0 Å². The second-order valence-corrected chi connectivity index (χ2v) is 8.68. The molecule has 2 amide bonds. The first kappa shape index (κ1) is 20.5. The van der Waals surface area contributed by atoms with Gasteiger partial charge < -0.3 is 4.57 Å². The fourth-order valence-electron chi connectivity index (χ4n) is 3.83. The number of hydrogen-bond acceptors (Lipinski definition) is 3. The van der Waals surface area contributed by atoms with Gasteiger partial charge in [0.2, 0.25) is 0 Å². The van der Waals surface area contributed by atoms with Crippen LogP contribution in [0.1, 0.15) is 43.9 Å². The van der Waals surface area contributed by atoms with Crippen LogP contribution in [0.4, 0.5) is 4.79 Å². The average Bonchev–Trinajstić information content (AvgIpc) is 3.26. The van der Waals surface area contributed by atoms with Gasteiger partial charge in [0, 0.05) is 35.2 Å². The third kappa shape index (κ3) is 4.08. The van der Waals surface area contributed by atoms with Gasteiger partial charge >= 0.3 is 0 Å². The van der Waals surface area contributed by atoms with Crippen LogP contribution in [0.2, 0.25) is 0 Å². The van der Waals surface area contributed by atoms with E-state index in [1.54, 1.807) is 0 Å². The Balaban J connectivity index is 1.53. The molecule has 1 aromatic heterocycles. The normalized spacial score (nSPS) is 16.7. The zero-order chi connectivity index (χ0) is 21.1. The Hall–Kier alpha value is -2.79. The van der Waals surface area contributed by atoms with Crippen LogP contribution in [0.15, 0.2) is 65.7 Å². The van der Waals surface area contributed by atoms with Crippen LogP contribution in [0, 0.1) is 0 Å². The number of carbonyl (C=O) groups excluding carboxylic acids is 2. The molecule has 0 radical (unpaired) electrons. The highest BCUT2D eigenvalue weighted by Crippen LogP contribution is 2.35. The minimum Gasteiger partial charge on any atom is -0.344 e. The van der Waals surface area contributed by atoms with Gasteiger partial charge in [0.05, 0.1) is 4.91 Å². The summed E-state index contributed by atoms with van der Waals surface area (Å²) in [7, 11) is 0. The Bertz CT molecular complexity index is 1100. The molecule has 0 N–H and O–H groups in total. The molecule has 4 nitrogen and oxygen atoms in total. The highest BCUT2D eigenvalue weighted by molar-refractivity contribution is 8.18. The maximum Gasteiger partial charge on any atom is 0.293 e. The molecule has 3 aromatic rings. The zero-order valence-corrected chi connectivity index (χ0v) is 18.2. The van der Waals surface area contributed by atoms with Crippen molar-refractivity contribution >= 4 is 39.9 Å². The molecule has 0 spiro atoms. The number of rotatable bonds is 7. The maximum atomic E-state index is 12.9. The molecular weight excluding hydrogens is 392 g/mol. The van der Waals surface area contributed by atoms with Crippen LogP contribution in [-0.4, -0.2) is 27.2 Å². The summed E-state index contributed by atoms with van der Waals surface area (Å²) >= 11 is 1.04. The fourth-order valence-corrected chi connectivity index (χ4v) is 4.68. The topological polar surface area (TPSA) is 42.3 Å². The number of nitrogens with zero attached hydrogens (tertiary/aromatic N) is 2. The van der Waals surface area contributed by atoms with Crippen molar-refractivity contribution in [2.45, 2.75) is 39.2 Å². The quantitative estimate of drug-likeness (QED) is 0.424. The largest absolute Gasteiger partial charge is 0.344 e. The zero-order valence-electron chi connectivity index (χ0n) is 17.4. The molecule has 1 aliphatic rings. The molecular formula is C25H26N2O2S. The van der Waals surface area contributed by atoms with Gasteiger partial charge in [-0.2, -0.15) is 0 Å². The number of thioether (sulfide) groups is 1. The number of benzene rings is 2. The number of aryl methyl sites for hydroxylation is 1. The predicted octanol–water partition coefficient (Wildman–Crippen LogP) is 6.28. The number of amides is 2. The Morgan fingerprint density at radius 1 is 1.03 bits per heavy atom. The molecule has 4 rings (SSSR count). The van der Waals surface area contributed by atoms with Crippen molar-refractivity contribution < 1.29 is 9.59 Å². The van der Waals surface area contributed by atoms with Crippen molar-refractivity contribution in [3.8, 4) is 0 Å². The van der Waals surface area contributed by atoms with E-state index in [9.17, 15) is 9.59 Å². The monoisotopic (exact) mass is 418 g/mol. The standard InChI is InChI=1S/C25H26N2O2S/c1-3-18(2)27-17-20(21-13-7-8-14-22(21)27)16-23-24(28)26(25(29)30-23)15-9-12-19-10-5-4-6-11-19/h4-8,10-11,13-14,16-18H,3,9,12,15H2,1-2H3/b23-16+/t18-/m0/s1. The summed E-state index contributed by atoms with van der Waals surface area (Å²) in [5.74, 6) is -0.182. The van der Waals surface area contributed by atoms with Gasteiger partial charge in [0.25, 0.3) is 11.1 Å². The number of hydrogen-bond donors (Lipinski definition) is 0. The minimum absolute atomic E-state index is 0.176. The Morgan fingerprint density at radius 3 is 2.53 bits per heavy atom. The number of aromatic nitrogens is 1. The summed E-state index contributed by atoms with van der Waals surface area (Å²) in [4.78, 5) is 27.3. The second-order valence-electron chi connectivity index (χ2n) is 7.69. The van der Waals surface area contributed by atoms with E-state index in [2.05, 4.69) is 48.9 Å². The van der Waals surface area contributed by atoms with Crippen molar-refractivity contribution in [2.24, 2.45) is 0 Å². The molecule has 1 fully saturated rings. The van der Waals surface area contributed by atoms with Crippen LogP contribution in [0.3, 0.4) is 0 Å². The van der Waals surface area contributed by atoms with Gasteiger partial charge in [-0.1, -0.05) is 55.5 Å². The summed E-state index contributed by atoms with van der Waals surface area (Å²) < 4.78 is 2.26. The third-order valence-electron chi connectivity index (χ3n) is 5.69. The second kappa shape index (κ2) is 8.92. The third-order valence-corrected chi connectivity index (χ3v) is 6.59. The van der Waals surface area contributed by atoms with Crippen molar-refractivity contribution in [1.82, 2.24) is 9.47 Å². The highest BCUT2D eigenvalue weighted by atomic mass is 32.2. The number of fused-ring (bicyclic) bond motifs is 1. The highest BCUT2D eigenvalue weighted by Gasteiger charge is 2.34. The van der Waals surface area contributed by atoms with Crippen LogP contribution < -0.4 is 0 Å². The minimum atomic E-state index is -0.182. The van der Waals surface area contributed by atoms with Crippen LogP contribution in [0.25, 0.3) is 17.0 Å². The lowest BCUT2D eigenvalue weighted by Gasteiger charge is -2.12. The van der Waals surface area contributed by atoms with E-state index in [1.165, 1.54) is 10.5 Å². The number of carbonyl (C=O) groups is 2. The lowest BCUT2D eigenvalue weighted by atomic mass is 10.1. The summed E-state index contributed by atoms with van der Waals surface area (Å²) in [5.41, 5.74) is 3.36. The SMILES string of the molecule is CC[C@H](C)n1cc(/C=C2/SC(=O)N(CCCc3ccccc3)C2=O)c2ccccc21. The van der Waals surface area contributed by atoms with E-state index in [-0.39, 0.29) is 11.1 Å². The van der Waals surface area contributed by atoms with Gasteiger partial charge in [-0.05, 0) is 55.7 Å². The lowest BCUT2D eigenvalue weighted by molar-refractivity contribution is -0.122. The Morgan fingerprint density at radius 2 is 1.77 bits per heavy atom. The molecule has 1 atom stereocenters. The molecule has 2 heterocycles. The first-order valence-corrected chi connectivity index (χ1v) is 11.3. The van der Waals surface area contributed by atoms with Gasteiger partial charge in [0.1, 0.15) is 0 Å². The summed E-state index contributed by atoms with van der Waals surface area (Å²) in [5, 5.41) is 0.929. The molecule has 2 aromatic carbocycles. The van der Waals surface area contributed by atoms with Crippen molar-refractivity contribution in [1.29, 1.82) is 0 Å². The van der Waals surface area contributed by atoms with Gasteiger partial charge in [0.15, 0.2) is 0 Å². The van der Waals surface area contributed by atoms with E-state index in [0.29, 0.717) is 17.5 Å². The van der Waals surface area contributed by atoms with Gasteiger partial charge in [-0.3, -0.25) is 14.5 Å².